The van der Waals surface area contributed by atoms with E-state index in [1.165, 1.54) is 0 Å². The van der Waals surface area contributed by atoms with Gasteiger partial charge in [-0.3, -0.25) is 4.98 Å². The first-order valence-electron chi connectivity index (χ1n) is 4.90. The van der Waals surface area contributed by atoms with E-state index in [9.17, 15) is 0 Å². The van der Waals surface area contributed by atoms with E-state index in [1.807, 2.05) is 18.2 Å². The Morgan fingerprint density at radius 2 is 2.33 bits per heavy atom. The molecule has 1 heterocycles. The highest BCUT2D eigenvalue weighted by Gasteiger charge is 1.94. The highest BCUT2D eigenvalue weighted by Crippen LogP contribution is 1.92. The van der Waals surface area contributed by atoms with E-state index in [-0.39, 0.29) is 5.84 Å². The normalized spacial score (nSPS) is 11.6. The molecule has 0 saturated heterocycles. The van der Waals surface area contributed by atoms with Crippen molar-refractivity contribution in [1.82, 2.24) is 10.3 Å². The van der Waals surface area contributed by atoms with Gasteiger partial charge in [0.1, 0.15) is 5.84 Å². The molecule has 0 aliphatic heterocycles. The van der Waals surface area contributed by atoms with Gasteiger partial charge in [0.15, 0.2) is 0 Å². The van der Waals surface area contributed by atoms with Crippen molar-refractivity contribution in [2.24, 2.45) is 10.9 Å². The quantitative estimate of drug-likeness (QED) is 0.207. The van der Waals surface area contributed by atoms with E-state index < -0.39 is 0 Å². The predicted octanol–water partition coefficient (Wildman–Crippen LogP) is 0.350. The van der Waals surface area contributed by atoms with Crippen LogP contribution in [-0.2, 0) is 6.42 Å². The van der Waals surface area contributed by atoms with Gasteiger partial charge in [-0.05, 0) is 12.1 Å². The maximum Gasteiger partial charge on any atom is 0.140 e. The van der Waals surface area contributed by atoms with Gasteiger partial charge in [0.2, 0.25) is 0 Å². The Morgan fingerprint density at radius 3 is 3.00 bits per heavy atom. The number of nitrogens with one attached hydrogen (secondary N) is 1. The zero-order valence-corrected chi connectivity index (χ0v) is 8.56. The molecule has 0 aliphatic carbocycles. The summed E-state index contributed by atoms with van der Waals surface area (Å²) in [5, 5.41) is 14.4. The Balaban J connectivity index is 2.08. The van der Waals surface area contributed by atoms with Crippen LogP contribution in [-0.4, -0.2) is 29.1 Å². The summed E-state index contributed by atoms with van der Waals surface area (Å²) in [5.41, 5.74) is 6.38. The molecule has 0 aromatic carbocycles. The maximum atomic E-state index is 8.29. The van der Waals surface area contributed by atoms with E-state index in [0.717, 1.165) is 18.7 Å². The van der Waals surface area contributed by atoms with Crippen molar-refractivity contribution in [3.8, 4) is 0 Å². The van der Waals surface area contributed by atoms with Crippen molar-refractivity contribution in [3.63, 3.8) is 0 Å². The van der Waals surface area contributed by atoms with Gasteiger partial charge in [-0.1, -0.05) is 11.2 Å². The minimum absolute atomic E-state index is 0.250. The van der Waals surface area contributed by atoms with Gasteiger partial charge in [0.25, 0.3) is 0 Å². The lowest BCUT2D eigenvalue weighted by atomic mass is 10.2. The van der Waals surface area contributed by atoms with Crippen molar-refractivity contribution >= 4 is 5.84 Å². The van der Waals surface area contributed by atoms with Crippen LogP contribution < -0.4 is 11.1 Å². The van der Waals surface area contributed by atoms with Crippen molar-refractivity contribution in [1.29, 1.82) is 0 Å². The standard InChI is InChI=1S/C10H16N4O/c11-10(14-15)5-8-12-7-4-9-3-1-2-6-13-9/h1-3,6,12,15H,4-5,7-8H2,(H2,11,14). The van der Waals surface area contributed by atoms with E-state index in [0.29, 0.717) is 13.0 Å². The average Bonchev–Trinajstić information content (AvgIpc) is 2.29. The fraction of sp³-hybridized carbons (Fsp3) is 0.400. The van der Waals surface area contributed by atoms with E-state index in [2.05, 4.69) is 15.5 Å². The molecule has 0 bridgehead atoms. The fourth-order valence-corrected chi connectivity index (χ4v) is 1.15. The molecule has 0 fully saturated rings. The van der Waals surface area contributed by atoms with Gasteiger partial charge in [-0.15, -0.1) is 0 Å². The van der Waals surface area contributed by atoms with Crippen molar-refractivity contribution < 1.29 is 5.21 Å². The molecule has 1 rings (SSSR count). The van der Waals surface area contributed by atoms with Crippen LogP contribution in [0.2, 0.25) is 0 Å². The summed E-state index contributed by atoms with van der Waals surface area (Å²) in [4.78, 5) is 4.20. The third-order valence-electron chi connectivity index (χ3n) is 1.97. The van der Waals surface area contributed by atoms with E-state index >= 15 is 0 Å². The zero-order valence-electron chi connectivity index (χ0n) is 8.56. The number of aromatic nitrogens is 1. The first-order chi connectivity index (χ1) is 7.33. The van der Waals surface area contributed by atoms with Gasteiger partial charge < -0.3 is 16.3 Å². The molecule has 15 heavy (non-hydrogen) atoms. The van der Waals surface area contributed by atoms with Gasteiger partial charge >= 0.3 is 0 Å². The van der Waals surface area contributed by atoms with Crippen LogP contribution in [0.1, 0.15) is 12.1 Å². The second-order valence-corrected chi connectivity index (χ2v) is 3.16. The SMILES string of the molecule is NC(CCNCCc1ccccn1)=NO. The molecule has 5 heteroatoms. The number of oxime groups is 1. The Morgan fingerprint density at radius 1 is 1.47 bits per heavy atom. The number of hydrogen-bond acceptors (Lipinski definition) is 4. The largest absolute Gasteiger partial charge is 0.409 e. The topological polar surface area (TPSA) is 83.5 Å². The van der Waals surface area contributed by atoms with Crippen LogP contribution in [0.5, 0.6) is 0 Å². The van der Waals surface area contributed by atoms with Gasteiger partial charge in [-0.25, -0.2) is 0 Å². The summed E-state index contributed by atoms with van der Waals surface area (Å²) >= 11 is 0. The molecule has 4 N–H and O–H groups in total. The molecule has 0 amide bonds. The van der Waals surface area contributed by atoms with Gasteiger partial charge in [0, 0.05) is 37.8 Å². The Labute approximate surface area is 89.0 Å². The molecular weight excluding hydrogens is 192 g/mol. The third-order valence-corrected chi connectivity index (χ3v) is 1.97. The molecule has 82 valence electrons. The maximum absolute atomic E-state index is 8.29. The highest BCUT2D eigenvalue weighted by molar-refractivity contribution is 5.79. The molecular formula is C10H16N4O. The summed E-state index contributed by atoms with van der Waals surface area (Å²) in [5.74, 6) is 0.250. The van der Waals surface area contributed by atoms with Crippen LogP contribution in [0.4, 0.5) is 0 Å². The molecule has 0 spiro atoms. The van der Waals surface area contributed by atoms with Crippen molar-refractivity contribution in [2.75, 3.05) is 13.1 Å². The van der Waals surface area contributed by atoms with E-state index in [4.69, 9.17) is 10.9 Å². The minimum Gasteiger partial charge on any atom is -0.409 e. The van der Waals surface area contributed by atoms with Crippen LogP contribution in [0.15, 0.2) is 29.6 Å². The number of nitrogens with two attached hydrogens (primary N) is 1. The summed E-state index contributed by atoms with van der Waals surface area (Å²) in [6.45, 7) is 1.55. The summed E-state index contributed by atoms with van der Waals surface area (Å²) in [7, 11) is 0. The lowest BCUT2D eigenvalue weighted by Crippen LogP contribution is -2.24. The molecule has 5 nitrogen and oxygen atoms in total. The van der Waals surface area contributed by atoms with E-state index in [1.54, 1.807) is 6.20 Å². The first kappa shape index (κ1) is 11.5. The Kier molecular flexibility index (Phi) is 5.18. The molecule has 0 radical (unpaired) electrons. The zero-order chi connectivity index (χ0) is 10.9. The molecule has 1 aromatic rings. The van der Waals surface area contributed by atoms with Crippen molar-refractivity contribution in [3.05, 3.63) is 30.1 Å². The number of hydrogen-bond donors (Lipinski definition) is 3. The van der Waals surface area contributed by atoms with Crippen LogP contribution in [0, 0.1) is 0 Å². The van der Waals surface area contributed by atoms with Gasteiger partial charge in [0.05, 0.1) is 0 Å². The lowest BCUT2D eigenvalue weighted by Gasteiger charge is -2.03. The average molecular weight is 208 g/mol. The number of rotatable bonds is 6. The van der Waals surface area contributed by atoms with Gasteiger partial charge in [-0.2, -0.15) is 0 Å². The number of pyridine rings is 1. The molecule has 0 saturated carbocycles. The smallest absolute Gasteiger partial charge is 0.140 e. The summed E-state index contributed by atoms with van der Waals surface area (Å²) in [6, 6.07) is 5.86. The number of nitrogens with zero attached hydrogens (tertiary/aromatic N) is 2. The fourth-order valence-electron chi connectivity index (χ4n) is 1.15. The highest BCUT2D eigenvalue weighted by atomic mass is 16.4. The monoisotopic (exact) mass is 208 g/mol. The summed E-state index contributed by atoms with van der Waals surface area (Å²) in [6.07, 6.45) is 3.22. The minimum atomic E-state index is 0.250. The van der Waals surface area contributed by atoms with Crippen LogP contribution in [0.3, 0.4) is 0 Å². The van der Waals surface area contributed by atoms with Crippen molar-refractivity contribution in [2.45, 2.75) is 12.8 Å². The van der Waals surface area contributed by atoms with Crippen LogP contribution >= 0.6 is 0 Å². The molecule has 0 atom stereocenters. The summed E-state index contributed by atoms with van der Waals surface area (Å²) < 4.78 is 0. The third kappa shape index (κ3) is 4.97. The second-order valence-electron chi connectivity index (χ2n) is 3.16. The van der Waals surface area contributed by atoms with Crippen LogP contribution in [0.25, 0.3) is 0 Å². The predicted molar refractivity (Wildman–Crippen MR) is 58.8 cm³/mol. The Hall–Kier alpha value is -1.62. The number of amidine groups is 1. The lowest BCUT2D eigenvalue weighted by molar-refractivity contribution is 0.316. The first-order valence-corrected chi connectivity index (χ1v) is 4.90. The Bertz CT molecular complexity index is 300. The molecule has 0 unspecified atom stereocenters. The second kappa shape index (κ2) is 6.78. The molecule has 1 aromatic heterocycles. The molecule has 0 aliphatic rings.